The molecule has 5 heteroatoms. The summed E-state index contributed by atoms with van der Waals surface area (Å²) in [7, 11) is 0. The van der Waals surface area contributed by atoms with Gasteiger partial charge >= 0.3 is 0 Å². The SMILES string of the molecule is CC(O)C(C)(C)NC(=O)c1ccc(Cl)nc1. The van der Waals surface area contributed by atoms with Crippen LogP contribution in [-0.4, -0.2) is 27.6 Å². The van der Waals surface area contributed by atoms with Crippen LogP contribution in [0.2, 0.25) is 5.15 Å². The third kappa shape index (κ3) is 3.18. The minimum Gasteiger partial charge on any atom is -0.391 e. The van der Waals surface area contributed by atoms with Gasteiger partial charge in [0, 0.05) is 6.20 Å². The molecule has 1 unspecified atom stereocenters. The summed E-state index contributed by atoms with van der Waals surface area (Å²) in [6.45, 7) is 5.12. The summed E-state index contributed by atoms with van der Waals surface area (Å²) in [6.07, 6.45) is 0.757. The molecule has 1 rings (SSSR count). The highest BCUT2D eigenvalue weighted by atomic mass is 35.5. The van der Waals surface area contributed by atoms with Crippen molar-refractivity contribution in [3.8, 4) is 0 Å². The van der Waals surface area contributed by atoms with E-state index in [9.17, 15) is 9.90 Å². The maximum atomic E-state index is 11.8. The molecule has 0 aliphatic rings. The third-order valence-corrected chi connectivity index (χ3v) is 2.69. The second-order valence-corrected chi connectivity index (χ2v) is 4.61. The largest absolute Gasteiger partial charge is 0.391 e. The maximum Gasteiger partial charge on any atom is 0.253 e. The quantitative estimate of drug-likeness (QED) is 0.792. The fraction of sp³-hybridized carbons (Fsp3) is 0.455. The number of amides is 1. The smallest absolute Gasteiger partial charge is 0.253 e. The predicted molar refractivity (Wildman–Crippen MR) is 62.5 cm³/mol. The predicted octanol–water partition coefficient (Wildman–Crippen LogP) is 1.62. The molecule has 0 aromatic carbocycles. The second kappa shape index (κ2) is 4.80. The van der Waals surface area contributed by atoms with E-state index in [2.05, 4.69) is 10.3 Å². The van der Waals surface area contributed by atoms with Crippen LogP contribution in [-0.2, 0) is 0 Å². The van der Waals surface area contributed by atoms with E-state index in [4.69, 9.17) is 11.6 Å². The number of nitrogens with one attached hydrogen (secondary N) is 1. The number of carbonyl (C=O) groups excluding carboxylic acids is 1. The number of aliphatic hydroxyl groups is 1. The molecule has 0 spiro atoms. The molecule has 0 aliphatic carbocycles. The maximum absolute atomic E-state index is 11.8. The summed E-state index contributed by atoms with van der Waals surface area (Å²) in [4.78, 5) is 15.6. The summed E-state index contributed by atoms with van der Waals surface area (Å²) in [5.74, 6) is -0.282. The van der Waals surface area contributed by atoms with Gasteiger partial charge in [-0.05, 0) is 32.9 Å². The molecule has 88 valence electrons. The van der Waals surface area contributed by atoms with Gasteiger partial charge in [0.2, 0.25) is 0 Å². The molecule has 0 fully saturated rings. The van der Waals surface area contributed by atoms with Gasteiger partial charge in [0.15, 0.2) is 0 Å². The van der Waals surface area contributed by atoms with Crippen LogP contribution in [0.3, 0.4) is 0 Å². The zero-order valence-electron chi connectivity index (χ0n) is 9.49. The Morgan fingerprint density at radius 1 is 1.56 bits per heavy atom. The zero-order chi connectivity index (χ0) is 12.3. The highest BCUT2D eigenvalue weighted by molar-refractivity contribution is 6.29. The van der Waals surface area contributed by atoms with Crippen LogP contribution in [0.5, 0.6) is 0 Å². The zero-order valence-corrected chi connectivity index (χ0v) is 10.2. The van der Waals surface area contributed by atoms with Crippen LogP contribution in [0.4, 0.5) is 0 Å². The van der Waals surface area contributed by atoms with Crippen molar-refractivity contribution in [1.82, 2.24) is 10.3 Å². The van der Waals surface area contributed by atoms with Gasteiger partial charge in [0.05, 0.1) is 17.2 Å². The standard InChI is InChI=1S/C11H15ClN2O2/c1-7(15)11(2,3)14-10(16)8-4-5-9(12)13-6-8/h4-7,15H,1-3H3,(H,14,16). The minimum atomic E-state index is -0.684. The summed E-state index contributed by atoms with van der Waals surface area (Å²) >= 11 is 5.62. The van der Waals surface area contributed by atoms with Crippen molar-refractivity contribution >= 4 is 17.5 Å². The van der Waals surface area contributed by atoms with E-state index in [0.29, 0.717) is 10.7 Å². The highest BCUT2D eigenvalue weighted by Crippen LogP contribution is 2.11. The van der Waals surface area contributed by atoms with E-state index in [1.54, 1.807) is 32.9 Å². The van der Waals surface area contributed by atoms with Crippen molar-refractivity contribution in [2.24, 2.45) is 0 Å². The fourth-order valence-electron chi connectivity index (χ4n) is 0.979. The Morgan fingerprint density at radius 2 is 2.19 bits per heavy atom. The number of carbonyl (C=O) groups is 1. The Balaban J connectivity index is 2.77. The topological polar surface area (TPSA) is 62.2 Å². The second-order valence-electron chi connectivity index (χ2n) is 4.22. The summed E-state index contributed by atoms with van der Waals surface area (Å²) < 4.78 is 0. The molecule has 1 aromatic rings. The van der Waals surface area contributed by atoms with Crippen LogP contribution in [0, 0.1) is 0 Å². The molecular formula is C11H15ClN2O2. The summed E-state index contributed by atoms with van der Waals surface area (Å²) in [6, 6.07) is 3.13. The number of hydrogen-bond donors (Lipinski definition) is 2. The minimum absolute atomic E-state index is 0.282. The molecule has 16 heavy (non-hydrogen) atoms. The van der Waals surface area contributed by atoms with Crippen LogP contribution in [0.1, 0.15) is 31.1 Å². The lowest BCUT2D eigenvalue weighted by Gasteiger charge is -2.29. The van der Waals surface area contributed by atoms with Crippen molar-refractivity contribution < 1.29 is 9.90 Å². The number of pyridine rings is 1. The highest BCUT2D eigenvalue weighted by Gasteiger charge is 2.26. The van der Waals surface area contributed by atoms with Crippen molar-refractivity contribution in [2.75, 3.05) is 0 Å². The van der Waals surface area contributed by atoms with Gasteiger partial charge in [-0.2, -0.15) is 0 Å². The Bertz CT molecular complexity index is 374. The Hall–Kier alpha value is -1.13. The van der Waals surface area contributed by atoms with Gasteiger partial charge < -0.3 is 10.4 Å². The molecule has 4 nitrogen and oxygen atoms in total. The number of aliphatic hydroxyl groups excluding tert-OH is 1. The molecular weight excluding hydrogens is 228 g/mol. The lowest BCUT2D eigenvalue weighted by Crippen LogP contribution is -2.50. The van der Waals surface area contributed by atoms with Gasteiger partial charge in [0.25, 0.3) is 5.91 Å². The van der Waals surface area contributed by atoms with Crippen molar-refractivity contribution in [3.05, 3.63) is 29.0 Å². The van der Waals surface area contributed by atoms with Gasteiger partial charge in [-0.15, -0.1) is 0 Å². The van der Waals surface area contributed by atoms with E-state index >= 15 is 0 Å². The third-order valence-electron chi connectivity index (χ3n) is 2.47. The van der Waals surface area contributed by atoms with Crippen molar-refractivity contribution in [3.63, 3.8) is 0 Å². The Kier molecular flexibility index (Phi) is 3.88. The van der Waals surface area contributed by atoms with Crippen LogP contribution in [0.25, 0.3) is 0 Å². The lowest BCUT2D eigenvalue weighted by atomic mass is 9.98. The number of rotatable bonds is 3. The molecule has 1 heterocycles. The van der Waals surface area contributed by atoms with Gasteiger partial charge in [0.1, 0.15) is 5.15 Å². The first-order valence-corrected chi connectivity index (χ1v) is 5.33. The molecule has 1 aromatic heterocycles. The molecule has 0 saturated carbocycles. The monoisotopic (exact) mass is 242 g/mol. The van der Waals surface area contributed by atoms with E-state index in [1.807, 2.05) is 0 Å². The molecule has 1 amide bonds. The first-order valence-electron chi connectivity index (χ1n) is 4.95. The summed E-state index contributed by atoms with van der Waals surface area (Å²) in [5.41, 5.74) is -0.269. The number of halogens is 1. The molecule has 2 N–H and O–H groups in total. The first-order chi connectivity index (χ1) is 7.33. The van der Waals surface area contributed by atoms with Crippen LogP contribution in [0.15, 0.2) is 18.3 Å². The normalized spacial score (nSPS) is 13.3. The average Bonchev–Trinajstić information content (AvgIpc) is 2.17. The Morgan fingerprint density at radius 3 is 2.62 bits per heavy atom. The van der Waals surface area contributed by atoms with Gasteiger partial charge in [-0.3, -0.25) is 4.79 Å². The molecule has 0 radical (unpaired) electrons. The van der Waals surface area contributed by atoms with E-state index in [-0.39, 0.29) is 5.91 Å². The molecule has 1 atom stereocenters. The van der Waals surface area contributed by atoms with Gasteiger partial charge in [-0.1, -0.05) is 11.6 Å². The average molecular weight is 243 g/mol. The van der Waals surface area contributed by atoms with Crippen molar-refractivity contribution in [2.45, 2.75) is 32.4 Å². The van der Waals surface area contributed by atoms with Crippen molar-refractivity contribution in [1.29, 1.82) is 0 Å². The number of hydrogen-bond acceptors (Lipinski definition) is 3. The van der Waals surface area contributed by atoms with E-state index in [1.165, 1.54) is 6.20 Å². The number of aromatic nitrogens is 1. The van der Waals surface area contributed by atoms with E-state index in [0.717, 1.165) is 0 Å². The molecule has 0 bridgehead atoms. The van der Waals surface area contributed by atoms with Gasteiger partial charge in [-0.25, -0.2) is 4.98 Å². The Labute approximate surface area is 99.6 Å². The fourth-order valence-corrected chi connectivity index (χ4v) is 1.09. The van der Waals surface area contributed by atoms with Crippen LogP contribution < -0.4 is 5.32 Å². The first kappa shape index (κ1) is 12.9. The lowest BCUT2D eigenvalue weighted by molar-refractivity contribution is 0.0709. The van der Waals surface area contributed by atoms with Crippen LogP contribution >= 0.6 is 11.6 Å². The molecule has 0 aliphatic heterocycles. The van der Waals surface area contributed by atoms with E-state index < -0.39 is 11.6 Å². The molecule has 0 saturated heterocycles. The number of nitrogens with zero attached hydrogens (tertiary/aromatic N) is 1. The summed E-state index contributed by atoms with van der Waals surface area (Å²) in [5, 5.41) is 12.5.